The van der Waals surface area contributed by atoms with E-state index in [0.717, 1.165) is 0 Å². The van der Waals surface area contributed by atoms with Gasteiger partial charge in [0.05, 0.1) is 38.0 Å². The lowest BCUT2D eigenvalue weighted by atomic mass is 9.94. The third kappa shape index (κ3) is 5.29. The number of aliphatic hydroxyl groups excluding tert-OH is 1. The summed E-state index contributed by atoms with van der Waals surface area (Å²) in [6.45, 7) is 5.91. The summed E-state index contributed by atoms with van der Waals surface area (Å²) in [6, 6.07) is 17.6. The van der Waals surface area contributed by atoms with Crippen molar-refractivity contribution in [1.82, 2.24) is 4.90 Å². The van der Waals surface area contributed by atoms with E-state index in [9.17, 15) is 19.8 Å². The Morgan fingerprint density at radius 1 is 1.00 bits per heavy atom. The standard InChI is InChI=1S/C30H31NO7/c1-5-37-25-16-19(13-14-23(25)32)27-26(28(33)20-10-8-11-22(15-20)38-18(2)3)29(34)30(35)31(27)17-21-9-6-7-12-24(21)36-4/h6-16,18,27,32-33H,5,17H2,1-4H3/b28-26-. The molecule has 2 N–H and O–H groups in total. The molecule has 0 spiro atoms. The molecule has 38 heavy (non-hydrogen) atoms. The maximum atomic E-state index is 13.4. The molecule has 0 aromatic heterocycles. The highest BCUT2D eigenvalue weighted by Crippen LogP contribution is 2.43. The number of benzene rings is 3. The van der Waals surface area contributed by atoms with E-state index < -0.39 is 17.7 Å². The number of aliphatic hydroxyl groups is 1. The van der Waals surface area contributed by atoms with Crippen molar-refractivity contribution in [3.8, 4) is 23.0 Å². The Hall–Kier alpha value is -4.46. The summed E-state index contributed by atoms with van der Waals surface area (Å²) in [5.74, 6) is -0.682. The molecule has 8 nitrogen and oxygen atoms in total. The number of hydrogen-bond donors (Lipinski definition) is 2. The summed E-state index contributed by atoms with van der Waals surface area (Å²) < 4.78 is 16.8. The number of rotatable bonds is 9. The van der Waals surface area contributed by atoms with Crippen LogP contribution in [0, 0.1) is 0 Å². The van der Waals surface area contributed by atoms with Crippen LogP contribution in [-0.2, 0) is 16.1 Å². The molecule has 0 bridgehead atoms. The Morgan fingerprint density at radius 3 is 2.47 bits per heavy atom. The monoisotopic (exact) mass is 517 g/mol. The lowest BCUT2D eigenvalue weighted by Crippen LogP contribution is -2.29. The number of para-hydroxylation sites is 1. The van der Waals surface area contributed by atoms with E-state index in [1.807, 2.05) is 32.0 Å². The van der Waals surface area contributed by atoms with Gasteiger partial charge in [-0.25, -0.2) is 0 Å². The van der Waals surface area contributed by atoms with Gasteiger partial charge in [-0.15, -0.1) is 0 Å². The van der Waals surface area contributed by atoms with E-state index in [0.29, 0.717) is 34.8 Å². The Labute approximate surface area is 221 Å². The van der Waals surface area contributed by atoms with Crippen LogP contribution in [0.3, 0.4) is 0 Å². The smallest absolute Gasteiger partial charge is 0.295 e. The number of ether oxygens (including phenoxy) is 3. The van der Waals surface area contributed by atoms with E-state index in [-0.39, 0.29) is 35.5 Å². The number of likely N-dealkylation sites (tertiary alicyclic amines) is 1. The van der Waals surface area contributed by atoms with E-state index in [1.165, 1.54) is 18.1 Å². The third-order valence-electron chi connectivity index (χ3n) is 6.15. The van der Waals surface area contributed by atoms with Crippen LogP contribution < -0.4 is 14.2 Å². The first kappa shape index (κ1) is 26.6. The van der Waals surface area contributed by atoms with Crippen LogP contribution in [0.5, 0.6) is 23.0 Å². The fourth-order valence-electron chi connectivity index (χ4n) is 4.52. The van der Waals surface area contributed by atoms with Crippen molar-refractivity contribution in [2.24, 2.45) is 0 Å². The predicted octanol–water partition coefficient (Wildman–Crippen LogP) is 5.21. The average molecular weight is 518 g/mol. The molecule has 4 rings (SSSR count). The number of carbonyl (C=O) groups excluding carboxylic acids is 2. The van der Waals surface area contributed by atoms with Gasteiger partial charge in [0, 0.05) is 11.1 Å². The second kappa shape index (κ2) is 11.3. The van der Waals surface area contributed by atoms with Crippen LogP contribution in [0.15, 0.2) is 72.3 Å². The number of aromatic hydroxyl groups is 1. The highest BCUT2D eigenvalue weighted by atomic mass is 16.5. The molecule has 0 saturated carbocycles. The summed E-state index contributed by atoms with van der Waals surface area (Å²) in [7, 11) is 1.53. The van der Waals surface area contributed by atoms with Gasteiger partial charge in [-0.05, 0) is 56.7 Å². The number of hydrogen-bond acceptors (Lipinski definition) is 7. The number of nitrogens with zero attached hydrogens (tertiary/aromatic N) is 1. The van der Waals surface area contributed by atoms with Gasteiger partial charge in [0.1, 0.15) is 17.3 Å². The number of ketones is 1. The average Bonchev–Trinajstić information content (AvgIpc) is 3.14. The molecule has 3 aromatic carbocycles. The first-order chi connectivity index (χ1) is 18.2. The van der Waals surface area contributed by atoms with Crippen molar-refractivity contribution < 1.29 is 34.0 Å². The minimum absolute atomic E-state index is 0.0530. The normalized spacial score (nSPS) is 16.7. The zero-order valence-corrected chi connectivity index (χ0v) is 21.8. The SMILES string of the molecule is CCOc1cc(C2/C(=C(/O)c3cccc(OC(C)C)c3)C(=O)C(=O)N2Cc2ccccc2OC)ccc1O. The van der Waals surface area contributed by atoms with Crippen molar-refractivity contribution in [3.05, 3.63) is 89.0 Å². The van der Waals surface area contributed by atoms with E-state index >= 15 is 0 Å². The minimum Gasteiger partial charge on any atom is -0.507 e. The van der Waals surface area contributed by atoms with E-state index in [1.54, 1.807) is 49.4 Å². The summed E-state index contributed by atoms with van der Waals surface area (Å²) in [4.78, 5) is 28.3. The molecule has 8 heteroatoms. The van der Waals surface area contributed by atoms with Gasteiger partial charge in [0.2, 0.25) is 0 Å². The number of phenolic OH excluding ortho intramolecular Hbond substituents is 1. The van der Waals surface area contributed by atoms with Crippen molar-refractivity contribution in [3.63, 3.8) is 0 Å². The molecule has 198 valence electrons. The second-order valence-corrected chi connectivity index (χ2v) is 9.09. The largest absolute Gasteiger partial charge is 0.507 e. The summed E-state index contributed by atoms with van der Waals surface area (Å²) in [6.07, 6.45) is -0.0900. The molecule has 1 aliphatic heterocycles. The Bertz CT molecular complexity index is 1380. The third-order valence-corrected chi connectivity index (χ3v) is 6.15. The van der Waals surface area contributed by atoms with Gasteiger partial charge >= 0.3 is 0 Å². The Balaban J connectivity index is 1.89. The van der Waals surface area contributed by atoms with Gasteiger partial charge in [-0.2, -0.15) is 0 Å². The molecule has 1 heterocycles. The molecule has 1 aliphatic rings. The fraction of sp³-hybridized carbons (Fsp3) is 0.267. The molecule has 0 aliphatic carbocycles. The van der Waals surface area contributed by atoms with Crippen LogP contribution >= 0.6 is 0 Å². The molecule has 1 fully saturated rings. The van der Waals surface area contributed by atoms with Gasteiger partial charge in [-0.3, -0.25) is 9.59 Å². The van der Waals surface area contributed by atoms with Gasteiger partial charge in [0.25, 0.3) is 11.7 Å². The molecule has 3 aromatic rings. The van der Waals surface area contributed by atoms with E-state index in [2.05, 4.69) is 0 Å². The maximum Gasteiger partial charge on any atom is 0.295 e. The first-order valence-corrected chi connectivity index (χ1v) is 12.4. The molecular formula is C30H31NO7. The quantitative estimate of drug-likeness (QED) is 0.228. The number of carbonyl (C=O) groups is 2. The zero-order chi connectivity index (χ0) is 27.4. The maximum absolute atomic E-state index is 13.4. The van der Waals surface area contributed by atoms with Crippen LogP contribution in [0.2, 0.25) is 0 Å². The molecule has 0 radical (unpaired) electrons. The van der Waals surface area contributed by atoms with Crippen LogP contribution in [0.1, 0.15) is 43.5 Å². The van der Waals surface area contributed by atoms with Crippen molar-refractivity contribution in [2.45, 2.75) is 39.5 Å². The predicted molar refractivity (Wildman–Crippen MR) is 142 cm³/mol. The van der Waals surface area contributed by atoms with E-state index in [4.69, 9.17) is 14.2 Å². The highest BCUT2D eigenvalue weighted by molar-refractivity contribution is 6.46. The second-order valence-electron chi connectivity index (χ2n) is 9.09. The lowest BCUT2D eigenvalue weighted by molar-refractivity contribution is -0.140. The Morgan fingerprint density at radius 2 is 1.76 bits per heavy atom. The summed E-state index contributed by atoms with van der Waals surface area (Å²) in [5, 5.41) is 21.7. The summed E-state index contributed by atoms with van der Waals surface area (Å²) in [5.41, 5.74) is 1.46. The summed E-state index contributed by atoms with van der Waals surface area (Å²) >= 11 is 0. The number of phenols is 1. The number of amides is 1. The van der Waals surface area contributed by atoms with Crippen LogP contribution in [0.4, 0.5) is 0 Å². The molecule has 1 amide bonds. The lowest BCUT2D eigenvalue weighted by Gasteiger charge is -2.26. The number of Topliss-reactive ketones (excluding diaryl/α,β-unsaturated/α-hetero) is 1. The molecular weight excluding hydrogens is 486 g/mol. The molecule has 1 saturated heterocycles. The van der Waals surface area contributed by atoms with Gasteiger partial charge < -0.3 is 29.3 Å². The number of methoxy groups -OCH3 is 1. The highest BCUT2D eigenvalue weighted by Gasteiger charge is 2.46. The minimum atomic E-state index is -0.950. The van der Waals surface area contributed by atoms with Crippen molar-refractivity contribution >= 4 is 17.4 Å². The van der Waals surface area contributed by atoms with Crippen molar-refractivity contribution in [2.75, 3.05) is 13.7 Å². The Kier molecular flexibility index (Phi) is 7.90. The molecule has 1 unspecified atom stereocenters. The fourth-order valence-corrected chi connectivity index (χ4v) is 4.52. The topological polar surface area (TPSA) is 106 Å². The first-order valence-electron chi connectivity index (χ1n) is 12.4. The van der Waals surface area contributed by atoms with Crippen LogP contribution in [0.25, 0.3) is 5.76 Å². The van der Waals surface area contributed by atoms with Crippen molar-refractivity contribution in [1.29, 1.82) is 0 Å². The van der Waals surface area contributed by atoms with Gasteiger partial charge in [0.15, 0.2) is 11.5 Å². The van der Waals surface area contributed by atoms with Crippen LogP contribution in [-0.4, -0.2) is 46.6 Å². The zero-order valence-electron chi connectivity index (χ0n) is 21.8. The van der Waals surface area contributed by atoms with Gasteiger partial charge in [-0.1, -0.05) is 36.4 Å². The molecule has 1 atom stereocenters.